The molecule has 5 rings (SSSR count). The molecule has 0 radical (unpaired) electrons. The van der Waals surface area contributed by atoms with Crippen molar-refractivity contribution in [3.8, 4) is 22.6 Å². The zero-order valence-electron chi connectivity index (χ0n) is 27.4. The minimum absolute atomic E-state index is 0.0185. The average molecular weight is 583 g/mol. The molecule has 4 nitrogen and oxygen atoms in total. The van der Waals surface area contributed by atoms with Gasteiger partial charge in [0.15, 0.2) is 0 Å². The largest absolute Gasteiger partial charge is 0.491 e. The summed E-state index contributed by atoms with van der Waals surface area (Å²) in [6.07, 6.45) is 1.96. The highest BCUT2D eigenvalue weighted by Gasteiger charge is 2.46. The second-order valence-corrected chi connectivity index (χ2v) is 10.3. The van der Waals surface area contributed by atoms with Gasteiger partial charge in [-0.3, -0.25) is 0 Å². The lowest BCUT2D eigenvalue weighted by Crippen LogP contribution is -2.29. The number of rotatable bonds is 10. The molecule has 0 heterocycles. The normalized spacial score (nSPS) is 12.2. The Kier molecular flexibility index (Phi) is 12.4. The van der Waals surface area contributed by atoms with Crippen molar-refractivity contribution in [2.24, 2.45) is 0 Å². The third kappa shape index (κ3) is 6.51. The molecule has 0 spiro atoms. The molecule has 0 atom stereocenters. The van der Waals surface area contributed by atoms with Crippen LogP contribution in [0.2, 0.25) is 0 Å². The van der Waals surface area contributed by atoms with E-state index in [4.69, 9.17) is 9.47 Å². The molecule has 4 aromatic carbocycles. The molecule has 4 aromatic rings. The Balaban J connectivity index is 0.00000121. The number of ether oxygens (including phenoxy) is 2. The summed E-state index contributed by atoms with van der Waals surface area (Å²) in [5.41, 5.74) is 11.7. The predicted octanol–water partition coefficient (Wildman–Crippen LogP) is 8.59. The Hall–Kier alpha value is -3.60. The van der Waals surface area contributed by atoms with E-state index in [0.29, 0.717) is 0 Å². The second-order valence-electron chi connectivity index (χ2n) is 10.3. The quantitative estimate of drug-likeness (QED) is 0.173. The van der Waals surface area contributed by atoms with Gasteiger partial charge in [0.25, 0.3) is 0 Å². The van der Waals surface area contributed by atoms with Crippen LogP contribution >= 0.6 is 0 Å². The van der Waals surface area contributed by atoms with Crippen molar-refractivity contribution in [1.82, 2.24) is 0 Å². The standard InChI is InChI=1S/C35H38O4.2C2H6/c1-5-25-7-11-31-29(21-25)30-22-26(6-2)8-12-32(30)35(31,27-9-13-33(23(3)19-27)38-17-15-36)28-10-14-34(24(4)20-28)39-18-16-37;2*1-2/h7-14,19-22,36-37H,5-6,15-18H2,1-4H3;2*1-2H3. The SMILES string of the molecule is CC.CC.CCc1ccc2c(c1)-c1cc(CC)ccc1C2(c1ccc(OCCO)c(C)c1)c1ccc(OCCO)c(C)c1. The van der Waals surface area contributed by atoms with Gasteiger partial charge in [-0.2, -0.15) is 0 Å². The molecule has 2 N–H and O–H groups in total. The maximum absolute atomic E-state index is 9.29. The van der Waals surface area contributed by atoms with E-state index in [1.807, 2.05) is 39.8 Å². The molecule has 230 valence electrons. The molecule has 0 amide bonds. The fourth-order valence-corrected chi connectivity index (χ4v) is 6.06. The molecule has 0 aromatic heterocycles. The molecule has 0 saturated heterocycles. The van der Waals surface area contributed by atoms with Crippen molar-refractivity contribution < 1.29 is 19.7 Å². The summed E-state index contributed by atoms with van der Waals surface area (Å²) in [6, 6.07) is 26.8. The van der Waals surface area contributed by atoms with E-state index < -0.39 is 5.41 Å². The number of hydrogen-bond acceptors (Lipinski definition) is 4. The number of aliphatic hydroxyl groups is 2. The average Bonchev–Trinajstić information content (AvgIpc) is 3.35. The highest BCUT2D eigenvalue weighted by Crippen LogP contribution is 2.57. The zero-order chi connectivity index (χ0) is 31.6. The Morgan fingerprint density at radius 3 is 1.28 bits per heavy atom. The Morgan fingerprint density at radius 1 is 0.558 bits per heavy atom. The Labute approximate surface area is 259 Å². The van der Waals surface area contributed by atoms with Crippen LogP contribution in [-0.4, -0.2) is 36.6 Å². The van der Waals surface area contributed by atoms with Crippen molar-refractivity contribution in [1.29, 1.82) is 0 Å². The molecule has 0 unspecified atom stereocenters. The van der Waals surface area contributed by atoms with Gasteiger partial charge in [0.2, 0.25) is 0 Å². The number of fused-ring (bicyclic) bond motifs is 3. The zero-order valence-corrected chi connectivity index (χ0v) is 27.4. The lowest BCUT2D eigenvalue weighted by atomic mass is 9.67. The van der Waals surface area contributed by atoms with E-state index in [0.717, 1.165) is 35.5 Å². The van der Waals surface area contributed by atoms with Crippen LogP contribution in [0.25, 0.3) is 11.1 Å². The summed E-state index contributed by atoms with van der Waals surface area (Å²) in [7, 11) is 0. The van der Waals surface area contributed by atoms with Crippen LogP contribution < -0.4 is 9.47 Å². The summed E-state index contributed by atoms with van der Waals surface area (Å²) in [5, 5.41) is 18.6. The topological polar surface area (TPSA) is 58.9 Å². The van der Waals surface area contributed by atoms with Crippen LogP contribution in [-0.2, 0) is 18.3 Å². The fourth-order valence-electron chi connectivity index (χ4n) is 6.06. The summed E-state index contributed by atoms with van der Waals surface area (Å²) >= 11 is 0. The molecule has 1 aliphatic carbocycles. The third-order valence-corrected chi connectivity index (χ3v) is 8.00. The van der Waals surface area contributed by atoms with Gasteiger partial charge in [-0.15, -0.1) is 0 Å². The number of benzene rings is 4. The summed E-state index contributed by atoms with van der Waals surface area (Å²) in [6.45, 7) is 17.0. The molecule has 0 aliphatic heterocycles. The smallest absolute Gasteiger partial charge is 0.122 e. The van der Waals surface area contributed by atoms with Crippen molar-refractivity contribution in [3.05, 3.63) is 117 Å². The minimum atomic E-state index is -0.524. The van der Waals surface area contributed by atoms with Crippen molar-refractivity contribution in [2.45, 2.75) is 73.6 Å². The first kappa shape index (κ1) is 33.9. The van der Waals surface area contributed by atoms with E-state index in [-0.39, 0.29) is 26.4 Å². The fraction of sp³-hybridized carbons (Fsp3) is 0.385. The van der Waals surface area contributed by atoms with Crippen molar-refractivity contribution in [3.63, 3.8) is 0 Å². The van der Waals surface area contributed by atoms with Gasteiger partial charge < -0.3 is 19.7 Å². The van der Waals surface area contributed by atoms with Crippen LogP contribution in [0.3, 0.4) is 0 Å². The first-order valence-electron chi connectivity index (χ1n) is 15.9. The predicted molar refractivity (Wildman–Crippen MR) is 180 cm³/mol. The van der Waals surface area contributed by atoms with Crippen LogP contribution in [0.15, 0.2) is 72.8 Å². The monoisotopic (exact) mass is 582 g/mol. The van der Waals surface area contributed by atoms with Gasteiger partial charge in [0, 0.05) is 0 Å². The maximum Gasteiger partial charge on any atom is 0.122 e. The van der Waals surface area contributed by atoms with Gasteiger partial charge in [-0.05, 0) is 94.5 Å². The maximum atomic E-state index is 9.29. The summed E-state index contributed by atoms with van der Waals surface area (Å²) in [5.74, 6) is 1.57. The Morgan fingerprint density at radius 2 is 0.953 bits per heavy atom. The molecule has 0 fully saturated rings. The lowest BCUT2D eigenvalue weighted by molar-refractivity contribution is 0.200. The van der Waals surface area contributed by atoms with Crippen molar-refractivity contribution in [2.75, 3.05) is 26.4 Å². The molecule has 1 aliphatic rings. The summed E-state index contributed by atoms with van der Waals surface area (Å²) in [4.78, 5) is 0. The third-order valence-electron chi connectivity index (χ3n) is 8.00. The van der Waals surface area contributed by atoms with Gasteiger partial charge >= 0.3 is 0 Å². The highest BCUT2D eigenvalue weighted by molar-refractivity contribution is 5.87. The van der Waals surface area contributed by atoms with Gasteiger partial charge in [0.05, 0.1) is 18.6 Å². The van der Waals surface area contributed by atoms with E-state index >= 15 is 0 Å². The van der Waals surface area contributed by atoms with Gasteiger partial charge in [0.1, 0.15) is 24.7 Å². The number of hydrogen-bond donors (Lipinski definition) is 2. The number of aliphatic hydroxyl groups excluding tert-OH is 2. The van der Waals surface area contributed by atoms with Crippen LogP contribution in [0.4, 0.5) is 0 Å². The van der Waals surface area contributed by atoms with E-state index in [1.54, 1.807) is 0 Å². The molecular formula is C39H50O4. The van der Waals surface area contributed by atoms with E-state index in [9.17, 15) is 10.2 Å². The molecule has 4 heteroatoms. The van der Waals surface area contributed by atoms with E-state index in [1.165, 1.54) is 44.5 Å². The summed E-state index contributed by atoms with van der Waals surface area (Å²) < 4.78 is 11.7. The minimum Gasteiger partial charge on any atom is -0.491 e. The second kappa shape index (κ2) is 15.7. The molecule has 0 saturated carbocycles. The number of aryl methyl sites for hydroxylation is 4. The first-order valence-corrected chi connectivity index (χ1v) is 15.9. The lowest BCUT2D eigenvalue weighted by Gasteiger charge is -2.35. The first-order chi connectivity index (χ1) is 21.0. The van der Waals surface area contributed by atoms with Crippen LogP contribution in [0.5, 0.6) is 11.5 Å². The van der Waals surface area contributed by atoms with Crippen LogP contribution in [0, 0.1) is 13.8 Å². The van der Waals surface area contributed by atoms with E-state index in [2.05, 4.69) is 88.4 Å². The van der Waals surface area contributed by atoms with Crippen LogP contribution in [0.1, 0.15) is 86.1 Å². The molecule has 0 bridgehead atoms. The Bertz CT molecular complexity index is 1370. The molecular weight excluding hydrogens is 532 g/mol. The van der Waals surface area contributed by atoms with Gasteiger partial charge in [-0.25, -0.2) is 0 Å². The highest BCUT2D eigenvalue weighted by atomic mass is 16.5. The van der Waals surface area contributed by atoms with Crippen molar-refractivity contribution >= 4 is 0 Å². The molecule has 43 heavy (non-hydrogen) atoms. The van der Waals surface area contributed by atoms with Gasteiger partial charge in [-0.1, -0.05) is 102 Å².